The molecule has 0 bridgehead atoms. The van der Waals surface area contributed by atoms with Gasteiger partial charge < -0.3 is 4.57 Å². The highest BCUT2D eigenvalue weighted by Gasteiger charge is 2.16. The lowest BCUT2D eigenvalue weighted by atomic mass is 9.99. The lowest BCUT2D eigenvalue weighted by molar-refractivity contribution is 0.111. The minimum Gasteiger partial charge on any atom is -0.307 e. The quantitative estimate of drug-likeness (QED) is 0.679. The molecule has 2 aromatic heterocycles. The predicted molar refractivity (Wildman–Crippen MR) is 77.8 cm³/mol. The Bertz CT molecular complexity index is 899. The standard InChI is InChI=1S/C16H11FN2O2/c1-19-13(9-20)14(10-4-6-11(17)7-5-10)12-3-2-8-18-15(12)16(19)21/h2-9H,1H3. The maximum absolute atomic E-state index is 13.1. The van der Waals surface area contributed by atoms with Crippen LogP contribution in [0.2, 0.25) is 0 Å². The van der Waals surface area contributed by atoms with E-state index < -0.39 is 0 Å². The molecule has 5 heteroatoms. The average molecular weight is 282 g/mol. The van der Waals surface area contributed by atoms with Crippen LogP contribution in [-0.2, 0) is 7.05 Å². The average Bonchev–Trinajstić information content (AvgIpc) is 2.52. The molecule has 0 fully saturated rings. The van der Waals surface area contributed by atoms with E-state index in [1.807, 2.05) is 0 Å². The highest BCUT2D eigenvalue weighted by atomic mass is 19.1. The summed E-state index contributed by atoms with van der Waals surface area (Å²) in [7, 11) is 1.52. The van der Waals surface area contributed by atoms with Crippen molar-refractivity contribution in [2.45, 2.75) is 0 Å². The molecule has 0 unspecified atom stereocenters. The van der Waals surface area contributed by atoms with Crippen molar-refractivity contribution in [3.05, 3.63) is 64.5 Å². The molecule has 104 valence electrons. The summed E-state index contributed by atoms with van der Waals surface area (Å²) in [6, 6.07) is 9.22. The first-order chi connectivity index (χ1) is 10.1. The Hall–Kier alpha value is -2.82. The molecule has 0 aliphatic carbocycles. The van der Waals surface area contributed by atoms with Crippen molar-refractivity contribution in [3.8, 4) is 11.1 Å². The van der Waals surface area contributed by atoms with E-state index in [-0.39, 0.29) is 22.6 Å². The summed E-state index contributed by atoms with van der Waals surface area (Å²) in [5.41, 5.74) is 1.43. The predicted octanol–water partition coefficient (Wildman–Crippen LogP) is 2.55. The summed E-state index contributed by atoms with van der Waals surface area (Å²) >= 11 is 0. The molecule has 0 spiro atoms. The van der Waals surface area contributed by atoms with Crippen molar-refractivity contribution in [2.24, 2.45) is 7.05 Å². The van der Waals surface area contributed by atoms with Crippen molar-refractivity contribution < 1.29 is 9.18 Å². The van der Waals surface area contributed by atoms with Gasteiger partial charge in [-0.2, -0.15) is 0 Å². The van der Waals surface area contributed by atoms with E-state index in [1.54, 1.807) is 24.3 Å². The zero-order valence-corrected chi connectivity index (χ0v) is 11.2. The van der Waals surface area contributed by atoms with Gasteiger partial charge in [0.25, 0.3) is 5.56 Å². The lowest BCUT2D eigenvalue weighted by Crippen LogP contribution is -2.22. The summed E-state index contributed by atoms with van der Waals surface area (Å²) in [6.45, 7) is 0. The Labute approximate surface area is 119 Å². The van der Waals surface area contributed by atoms with Crippen LogP contribution >= 0.6 is 0 Å². The summed E-state index contributed by atoms with van der Waals surface area (Å²) in [6.07, 6.45) is 2.16. The van der Waals surface area contributed by atoms with Gasteiger partial charge in [-0.1, -0.05) is 18.2 Å². The molecule has 0 radical (unpaired) electrons. The molecule has 21 heavy (non-hydrogen) atoms. The van der Waals surface area contributed by atoms with Crippen LogP contribution in [0.15, 0.2) is 47.4 Å². The van der Waals surface area contributed by atoms with Crippen LogP contribution < -0.4 is 5.56 Å². The Morgan fingerprint density at radius 2 is 1.90 bits per heavy atom. The second-order valence-corrected chi connectivity index (χ2v) is 4.65. The van der Waals surface area contributed by atoms with Gasteiger partial charge >= 0.3 is 0 Å². The van der Waals surface area contributed by atoms with E-state index >= 15 is 0 Å². The molecular weight excluding hydrogens is 271 g/mol. The number of halogens is 1. The van der Waals surface area contributed by atoms with Gasteiger partial charge in [-0.25, -0.2) is 4.39 Å². The van der Waals surface area contributed by atoms with Gasteiger partial charge in [0, 0.05) is 24.2 Å². The lowest BCUT2D eigenvalue weighted by Gasteiger charge is -2.13. The van der Waals surface area contributed by atoms with Crippen LogP contribution in [0.1, 0.15) is 10.5 Å². The first kappa shape index (κ1) is 13.2. The SMILES string of the molecule is Cn1c(C=O)c(-c2ccc(F)cc2)c2cccnc2c1=O. The zero-order chi connectivity index (χ0) is 15.0. The van der Waals surface area contributed by atoms with Gasteiger partial charge in [0.15, 0.2) is 6.29 Å². The molecule has 0 amide bonds. The Morgan fingerprint density at radius 1 is 1.19 bits per heavy atom. The number of nitrogens with zero attached hydrogens (tertiary/aromatic N) is 2. The molecule has 0 aliphatic heterocycles. The fourth-order valence-corrected chi connectivity index (χ4v) is 2.41. The summed E-state index contributed by atoms with van der Waals surface area (Å²) in [5.74, 6) is -0.362. The number of aromatic nitrogens is 2. The molecule has 1 aromatic carbocycles. The number of hydrogen-bond donors (Lipinski definition) is 0. The fourth-order valence-electron chi connectivity index (χ4n) is 2.41. The molecule has 4 nitrogen and oxygen atoms in total. The monoisotopic (exact) mass is 282 g/mol. The van der Waals surface area contributed by atoms with Crippen LogP contribution in [-0.4, -0.2) is 15.8 Å². The number of benzene rings is 1. The highest BCUT2D eigenvalue weighted by Crippen LogP contribution is 2.28. The fraction of sp³-hybridized carbons (Fsp3) is 0.0625. The third-order valence-electron chi connectivity index (χ3n) is 3.45. The van der Waals surface area contributed by atoms with E-state index in [4.69, 9.17) is 0 Å². The number of aldehydes is 1. The second-order valence-electron chi connectivity index (χ2n) is 4.65. The van der Waals surface area contributed by atoms with Crippen LogP contribution in [0.3, 0.4) is 0 Å². The van der Waals surface area contributed by atoms with Crippen LogP contribution in [0, 0.1) is 5.82 Å². The molecule has 2 heterocycles. The maximum atomic E-state index is 13.1. The normalized spacial score (nSPS) is 10.8. The molecule has 3 rings (SSSR count). The molecular formula is C16H11FN2O2. The van der Waals surface area contributed by atoms with Crippen molar-refractivity contribution in [3.63, 3.8) is 0 Å². The number of pyridine rings is 2. The van der Waals surface area contributed by atoms with Crippen molar-refractivity contribution in [1.82, 2.24) is 9.55 Å². The first-order valence-corrected chi connectivity index (χ1v) is 6.32. The van der Waals surface area contributed by atoms with Crippen molar-refractivity contribution in [2.75, 3.05) is 0 Å². The topological polar surface area (TPSA) is 52.0 Å². The van der Waals surface area contributed by atoms with E-state index in [0.717, 1.165) is 0 Å². The third kappa shape index (κ3) is 2.03. The number of carbonyl (C=O) groups is 1. The molecule has 0 saturated carbocycles. The smallest absolute Gasteiger partial charge is 0.277 e. The first-order valence-electron chi connectivity index (χ1n) is 6.32. The van der Waals surface area contributed by atoms with Gasteiger partial charge in [-0.3, -0.25) is 14.6 Å². The summed E-state index contributed by atoms with van der Waals surface area (Å²) in [5, 5.41) is 0.578. The second kappa shape index (κ2) is 4.94. The van der Waals surface area contributed by atoms with Crippen molar-refractivity contribution >= 4 is 17.2 Å². The van der Waals surface area contributed by atoms with E-state index in [1.165, 1.54) is 29.9 Å². The molecule has 0 saturated heterocycles. The van der Waals surface area contributed by atoms with Crippen LogP contribution in [0.5, 0.6) is 0 Å². The minimum atomic E-state index is -0.362. The van der Waals surface area contributed by atoms with Gasteiger partial charge in [0.05, 0.1) is 5.69 Å². The Balaban J connectivity index is 2.50. The summed E-state index contributed by atoms with van der Waals surface area (Å²) in [4.78, 5) is 27.8. The van der Waals surface area contributed by atoms with E-state index in [0.29, 0.717) is 22.8 Å². The highest BCUT2D eigenvalue weighted by molar-refractivity contribution is 6.01. The van der Waals surface area contributed by atoms with E-state index in [2.05, 4.69) is 4.98 Å². The van der Waals surface area contributed by atoms with Gasteiger partial charge in [-0.15, -0.1) is 0 Å². The Kier molecular flexibility index (Phi) is 3.10. The zero-order valence-electron chi connectivity index (χ0n) is 11.2. The largest absolute Gasteiger partial charge is 0.307 e. The maximum Gasteiger partial charge on any atom is 0.277 e. The molecule has 0 atom stereocenters. The molecule has 3 aromatic rings. The minimum absolute atomic E-state index is 0.243. The third-order valence-corrected chi connectivity index (χ3v) is 3.45. The molecule has 0 aliphatic rings. The van der Waals surface area contributed by atoms with Gasteiger partial charge in [-0.05, 0) is 23.8 Å². The van der Waals surface area contributed by atoms with Gasteiger partial charge in [0.2, 0.25) is 0 Å². The Morgan fingerprint density at radius 3 is 2.57 bits per heavy atom. The summed E-state index contributed by atoms with van der Waals surface area (Å²) < 4.78 is 14.4. The van der Waals surface area contributed by atoms with Crippen molar-refractivity contribution in [1.29, 1.82) is 0 Å². The number of carbonyl (C=O) groups excluding carboxylic acids is 1. The van der Waals surface area contributed by atoms with E-state index in [9.17, 15) is 14.0 Å². The van der Waals surface area contributed by atoms with Gasteiger partial charge in [0.1, 0.15) is 11.3 Å². The number of fused-ring (bicyclic) bond motifs is 1. The molecule has 0 N–H and O–H groups in total. The number of hydrogen-bond acceptors (Lipinski definition) is 3. The van der Waals surface area contributed by atoms with Crippen LogP contribution in [0.4, 0.5) is 4.39 Å². The number of rotatable bonds is 2. The van der Waals surface area contributed by atoms with Crippen LogP contribution in [0.25, 0.3) is 22.0 Å².